The van der Waals surface area contributed by atoms with Crippen molar-refractivity contribution in [3.05, 3.63) is 101 Å². The van der Waals surface area contributed by atoms with Crippen molar-refractivity contribution in [2.45, 2.75) is 57.8 Å². The Morgan fingerprint density at radius 3 is 2.34 bits per heavy atom. The molecule has 1 aliphatic carbocycles. The second kappa shape index (κ2) is 11.8. The molecular formula is C32H34F2N4O3. The van der Waals surface area contributed by atoms with Crippen LogP contribution in [0.15, 0.2) is 66.9 Å². The summed E-state index contributed by atoms with van der Waals surface area (Å²) >= 11 is 0. The van der Waals surface area contributed by atoms with E-state index in [1.165, 1.54) is 15.9 Å². The van der Waals surface area contributed by atoms with Crippen molar-refractivity contribution >= 4 is 17.7 Å². The molecule has 1 aromatic heterocycles. The summed E-state index contributed by atoms with van der Waals surface area (Å²) in [5, 5.41) is 2.95. The Hall–Kier alpha value is -4.14. The number of hydrogen-bond donors (Lipinski definition) is 1. The minimum Gasteiger partial charge on any atom is -0.342 e. The van der Waals surface area contributed by atoms with Crippen LogP contribution in [0.5, 0.6) is 0 Å². The molecule has 3 amide bonds. The normalized spacial score (nSPS) is 19.7. The van der Waals surface area contributed by atoms with Crippen molar-refractivity contribution in [2.75, 3.05) is 7.05 Å². The van der Waals surface area contributed by atoms with Gasteiger partial charge in [-0.05, 0) is 60.4 Å². The molecule has 3 aromatic rings. The maximum atomic E-state index is 15.4. The molecule has 2 aliphatic rings. The summed E-state index contributed by atoms with van der Waals surface area (Å²) in [5.74, 6) is -3.40. The summed E-state index contributed by atoms with van der Waals surface area (Å²) in [6.45, 7) is 3.93. The van der Waals surface area contributed by atoms with Crippen molar-refractivity contribution in [1.82, 2.24) is 20.1 Å². The number of pyridine rings is 1. The molecule has 7 nitrogen and oxygen atoms in total. The lowest BCUT2D eigenvalue weighted by Gasteiger charge is -2.45. The second-order valence-corrected chi connectivity index (χ2v) is 11.4. The zero-order chi connectivity index (χ0) is 29.3. The number of carbonyl (C=O) groups excluding carboxylic acids is 3. The Bertz CT molecular complexity index is 1420. The number of carbonyl (C=O) groups is 3. The predicted molar refractivity (Wildman–Crippen MR) is 149 cm³/mol. The van der Waals surface area contributed by atoms with E-state index < -0.39 is 41.6 Å². The molecule has 1 aliphatic heterocycles. The van der Waals surface area contributed by atoms with Crippen LogP contribution in [0.25, 0.3) is 0 Å². The molecule has 0 unspecified atom stereocenters. The van der Waals surface area contributed by atoms with Crippen molar-refractivity contribution in [3.8, 4) is 0 Å². The first-order chi connectivity index (χ1) is 19.6. The van der Waals surface area contributed by atoms with Gasteiger partial charge in [-0.25, -0.2) is 8.78 Å². The Morgan fingerprint density at radius 1 is 1.05 bits per heavy atom. The summed E-state index contributed by atoms with van der Waals surface area (Å²) < 4.78 is 29.4. The molecule has 41 heavy (non-hydrogen) atoms. The van der Waals surface area contributed by atoms with Gasteiger partial charge in [0.05, 0.1) is 12.2 Å². The van der Waals surface area contributed by atoms with Crippen LogP contribution in [-0.2, 0) is 33.8 Å². The quantitative estimate of drug-likeness (QED) is 0.448. The SMILES string of the molecule is CC(C)C[C@@H]1C(=O)N[C@H](C2Cc3ccccc3C2)C(=O)N1[C@@H](C(=O)N(C)Cc1ccccn1)c1ccc(F)cc1F. The average molecular weight is 561 g/mol. The molecule has 3 atom stereocenters. The molecule has 0 bridgehead atoms. The van der Waals surface area contributed by atoms with Crippen molar-refractivity contribution in [3.63, 3.8) is 0 Å². The van der Waals surface area contributed by atoms with Crippen LogP contribution < -0.4 is 5.32 Å². The van der Waals surface area contributed by atoms with Crippen LogP contribution in [0.3, 0.4) is 0 Å². The topological polar surface area (TPSA) is 82.6 Å². The number of fused-ring (bicyclic) bond motifs is 1. The maximum Gasteiger partial charge on any atom is 0.250 e. The fraction of sp³-hybridized carbons (Fsp3) is 0.375. The van der Waals surface area contributed by atoms with Crippen LogP contribution >= 0.6 is 0 Å². The number of piperazine rings is 1. The highest BCUT2D eigenvalue weighted by Gasteiger charge is 2.50. The third kappa shape index (κ3) is 5.85. The van der Waals surface area contributed by atoms with Crippen LogP contribution in [0.2, 0.25) is 0 Å². The number of nitrogens with zero attached hydrogens (tertiary/aromatic N) is 3. The van der Waals surface area contributed by atoms with Gasteiger partial charge in [-0.15, -0.1) is 0 Å². The zero-order valence-corrected chi connectivity index (χ0v) is 23.4. The molecule has 214 valence electrons. The van der Waals surface area contributed by atoms with Gasteiger partial charge >= 0.3 is 0 Å². The van der Waals surface area contributed by atoms with Gasteiger partial charge in [0, 0.05) is 24.9 Å². The van der Waals surface area contributed by atoms with E-state index in [4.69, 9.17) is 0 Å². The monoisotopic (exact) mass is 560 g/mol. The molecule has 0 saturated carbocycles. The molecule has 9 heteroatoms. The molecule has 2 heterocycles. The number of likely N-dealkylation sites (N-methyl/N-ethyl adjacent to an activating group) is 1. The van der Waals surface area contributed by atoms with Gasteiger partial charge in [-0.1, -0.05) is 50.2 Å². The summed E-state index contributed by atoms with van der Waals surface area (Å²) in [4.78, 5) is 49.2. The number of benzene rings is 2. The first-order valence-electron chi connectivity index (χ1n) is 13.9. The second-order valence-electron chi connectivity index (χ2n) is 11.4. The van der Waals surface area contributed by atoms with E-state index in [2.05, 4.69) is 10.3 Å². The number of halogens is 2. The molecule has 1 N–H and O–H groups in total. The van der Waals surface area contributed by atoms with E-state index in [0.29, 0.717) is 24.6 Å². The smallest absolute Gasteiger partial charge is 0.250 e. The first-order valence-corrected chi connectivity index (χ1v) is 13.9. The van der Waals surface area contributed by atoms with Crippen molar-refractivity contribution in [1.29, 1.82) is 0 Å². The Balaban J connectivity index is 1.56. The van der Waals surface area contributed by atoms with Crippen LogP contribution in [0.1, 0.15) is 48.7 Å². The van der Waals surface area contributed by atoms with Gasteiger partial charge in [-0.3, -0.25) is 19.4 Å². The minimum atomic E-state index is -1.47. The number of nitrogens with one attached hydrogen (secondary N) is 1. The van der Waals surface area contributed by atoms with E-state index >= 15 is 4.39 Å². The van der Waals surface area contributed by atoms with Gasteiger partial charge < -0.3 is 15.1 Å². The maximum absolute atomic E-state index is 15.4. The van der Waals surface area contributed by atoms with E-state index in [0.717, 1.165) is 17.2 Å². The Labute approximate surface area is 238 Å². The Kier molecular flexibility index (Phi) is 8.15. The lowest BCUT2D eigenvalue weighted by molar-refractivity contribution is -0.160. The summed E-state index contributed by atoms with van der Waals surface area (Å²) in [6.07, 6.45) is 3.06. The van der Waals surface area contributed by atoms with Gasteiger partial charge in [0.15, 0.2) is 0 Å². The summed E-state index contributed by atoms with van der Waals surface area (Å²) in [6, 6.07) is 12.8. The zero-order valence-electron chi connectivity index (χ0n) is 23.4. The molecular weight excluding hydrogens is 526 g/mol. The first kappa shape index (κ1) is 28.4. The standard InChI is InChI=1S/C32H34F2N4O3/c1-19(2)14-27-30(39)36-28(22-15-20-8-4-5-9-21(20)16-22)31(40)38(27)29(25-12-11-23(33)17-26(25)34)32(41)37(3)18-24-10-6-7-13-35-24/h4-13,17,19,22,27-29H,14-16,18H2,1-3H3,(H,36,39)/t27-,28-,29-/m1/s1. The molecule has 1 saturated heterocycles. The molecule has 2 aromatic carbocycles. The van der Waals surface area contributed by atoms with Crippen LogP contribution in [-0.4, -0.2) is 51.6 Å². The molecule has 1 fully saturated rings. The fourth-order valence-corrected chi connectivity index (χ4v) is 6.02. The third-order valence-corrected chi connectivity index (χ3v) is 7.98. The highest BCUT2D eigenvalue weighted by Crippen LogP contribution is 2.36. The predicted octanol–water partition coefficient (Wildman–Crippen LogP) is 4.22. The highest BCUT2D eigenvalue weighted by molar-refractivity contribution is 6.00. The Morgan fingerprint density at radius 2 is 1.73 bits per heavy atom. The summed E-state index contributed by atoms with van der Waals surface area (Å²) in [5.41, 5.74) is 2.67. The van der Waals surface area contributed by atoms with Gasteiger partial charge in [0.2, 0.25) is 17.7 Å². The number of amides is 3. The fourth-order valence-electron chi connectivity index (χ4n) is 6.02. The van der Waals surface area contributed by atoms with Gasteiger partial charge in [-0.2, -0.15) is 0 Å². The minimum absolute atomic E-state index is 0.00611. The molecule has 0 spiro atoms. The molecule has 0 radical (unpaired) electrons. The lowest BCUT2D eigenvalue weighted by Crippen LogP contribution is -2.67. The van der Waals surface area contributed by atoms with Gasteiger partial charge in [0.1, 0.15) is 29.8 Å². The van der Waals surface area contributed by atoms with Crippen LogP contribution in [0.4, 0.5) is 8.78 Å². The highest BCUT2D eigenvalue weighted by atomic mass is 19.1. The van der Waals surface area contributed by atoms with E-state index in [1.807, 2.05) is 38.1 Å². The number of hydrogen-bond acceptors (Lipinski definition) is 4. The number of aromatic nitrogens is 1. The third-order valence-electron chi connectivity index (χ3n) is 7.98. The van der Waals surface area contributed by atoms with Crippen LogP contribution in [0, 0.1) is 23.5 Å². The van der Waals surface area contributed by atoms with E-state index in [9.17, 15) is 18.8 Å². The van der Waals surface area contributed by atoms with Gasteiger partial charge in [0.25, 0.3) is 0 Å². The van der Waals surface area contributed by atoms with Crippen molar-refractivity contribution in [2.24, 2.45) is 11.8 Å². The summed E-state index contributed by atoms with van der Waals surface area (Å²) in [7, 11) is 1.54. The lowest BCUT2D eigenvalue weighted by atomic mass is 9.87. The molecule has 5 rings (SSSR count). The average Bonchev–Trinajstić information content (AvgIpc) is 3.37. The largest absolute Gasteiger partial charge is 0.342 e. The number of rotatable bonds is 8. The van der Waals surface area contributed by atoms with E-state index in [1.54, 1.807) is 31.4 Å². The van der Waals surface area contributed by atoms with Crippen molar-refractivity contribution < 1.29 is 23.2 Å². The van der Waals surface area contributed by atoms with E-state index in [-0.39, 0.29) is 36.3 Å².